The smallest absolute Gasteiger partial charge is 0.262 e. The molecule has 8 nitrogen and oxygen atoms in total. The van der Waals surface area contributed by atoms with Gasteiger partial charge in [-0.3, -0.25) is 14.3 Å². The Morgan fingerprint density at radius 1 is 1.26 bits per heavy atom. The maximum atomic E-state index is 15.0. The van der Waals surface area contributed by atoms with E-state index in [4.69, 9.17) is 9.15 Å². The number of aromatic nitrogens is 3. The van der Waals surface area contributed by atoms with Gasteiger partial charge in [-0.15, -0.1) is 0 Å². The van der Waals surface area contributed by atoms with Crippen LogP contribution in [-0.2, 0) is 18.3 Å². The number of pyridine rings is 1. The predicted octanol–water partition coefficient (Wildman–Crippen LogP) is 3.09. The van der Waals surface area contributed by atoms with Gasteiger partial charge in [0, 0.05) is 42.0 Å². The van der Waals surface area contributed by atoms with Crippen LogP contribution in [0.25, 0.3) is 22.2 Å². The van der Waals surface area contributed by atoms with Crippen molar-refractivity contribution in [2.45, 2.75) is 25.4 Å². The standard InChI is InChI=1S/C25H23FN4O4/c1-29-6-4-21(28-29)15-2-3-16(20(26)8-15)11-30-12-19(22-18(24(30)32)5-7-34-22)23(31)27-17-9-25(10-17)13-33-14-25/h2-8,12,17H,9-11,13-14H2,1H3,(H,27,31). The monoisotopic (exact) mass is 462 g/mol. The molecule has 1 aliphatic carbocycles. The van der Waals surface area contributed by atoms with Crippen LogP contribution in [0.3, 0.4) is 0 Å². The second-order valence-corrected chi connectivity index (χ2v) is 9.39. The summed E-state index contributed by atoms with van der Waals surface area (Å²) in [4.78, 5) is 26.1. The molecule has 1 amide bonds. The summed E-state index contributed by atoms with van der Waals surface area (Å²) in [5.41, 5.74) is 2.02. The Labute approximate surface area is 193 Å². The molecule has 34 heavy (non-hydrogen) atoms. The van der Waals surface area contributed by atoms with Crippen LogP contribution in [0.2, 0.25) is 0 Å². The van der Waals surface area contributed by atoms with Crippen molar-refractivity contribution < 1.29 is 18.3 Å². The molecule has 9 heteroatoms. The average Bonchev–Trinajstić information content (AvgIpc) is 3.41. The number of hydrogen-bond acceptors (Lipinski definition) is 5. The summed E-state index contributed by atoms with van der Waals surface area (Å²) >= 11 is 0. The van der Waals surface area contributed by atoms with Crippen molar-refractivity contribution in [3.63, 3.8) is 0 Å². The van der Waals surface area contributed by atoms with E-state index in [1.807, 2.05) is 0 Å². The molecule has 0 unspecified atom stereocenters. The summed E-state index contributed by atoms with van der Waals surface area (Å²) in [7, 11) is 1.80. The van der Waals surface area contributed by atoms with E-state index in [1.54, 1.807) is 36.1 Å². The largest absolute Gasteiger partial charge is 0.463 e. The minimum atomic E-state index is -0.448. The molecule has 0 radical (unpaired) electrons. The van der Waals surface area contributed by atoms with E-state index in [-0.39, 0.29) is 46.0 Å². The van der Waals surface area contributed by atoms with E-state index < -0.39 is 5.82 Å². The number of hydrogen-bond donors (Lipinski definition) is 1. The second kappa shape index (κ2) is 7.66. The average molecular weight is 462 g/mol. The zero-order chi connectivity index (χ0) is 23.4. The number of furan rings is 1. The van der Waals surface area contributed by atoms with Gasteiger partial charge in [0.05, 0.1) is 42.7 Å². The van der Waals surface area contributed by atoms with Crippen LogP contribution < -0.4 is 10.9 Å². The molecule has 4 heterocycles. The topological polar surface area (TPSA) is 91.3 Å². The van der Waals surface area contributed by atoms with E-state index in [2.05, 4.69) is 10.4 Å². The minimum Gasteiger partial charge on any atom is -0.463 e. The van der Waals surface area contributed by atoms with Crippen LogP contribution in [0.5, 0.6) is 0 Å². The van der Waals surface area contributed by atoms with Gasteiger partial charge in [-0.1, -0.05) is 12.1 Å². The van der Waals surface area contributed by atoms with E-state index in [1.165, 1.54) is 29.2 Å². The van der Waals surface area contributed by atoms with Crippen molar-refractivity contribution in [3.05, 3.63) is 76.3 Å². The predicted molar refractivity (Wildman–Crippen MR) is 122 cm³/mol. The lowest BCUT2D eigenvalue weighted by Gasteiger charge is -2.53. The quantitative estimate of drug-likeness (QED) is 0.492. The molecule has 1 saturated heterocycles. The Hall–Kier alpha value is -3.72. The number of halogens is 1. The molecular weight excluding hydrogens is 439 g/mol. The number of nitrogens with one attached hydrogen (secondary N) is 1. The van der Waals surface area contributed by atoms with Crippen molar-refractivity contribution in [3.8, 4) is 11.3 Å². The number of carbonyl (C=O) groups is 1. The molecular formula is C25H23FN4O4. The Bertz CT molecular complexity index is 1470. The van der Waals surface area contributed by atoms with Crippen LogP contribution in [0.15, 0.2) is 58.2 Å². The Balaban J connectivity index is 1.28. The van der Waals surface area contributed by atoms with Crippen LogP contribution in [0, 0.1) is 11.2 Å². The molecule has 2 aliphatic rings. The van der Waals surface area contributed by atoms with Crippen LogP contribution in [0.1, 0.15) is 28.8 Å². The molecule has 1 saturated carbocycles. The van der Waals surface area contributed by atoms with Gasteiger partial charge in [0.15, 0.2) is 5.58 Å². The van der Waals surface area contributed by atoms with Gasteiger partial charge in [-0.25, -0.2) is 4.39 Å². The lowest BCUT2D eigenvalue weighted by molar-refractivity contribution is -0.165. The molecule has 0 bridgehead atoms. The summed E-state index contributed by atoms with van der Waals surface area (Å²) in [5, 5.41) is 7.62. The first-order valence-corrected chi connectivity index (χ1v) is 11.2. The molecule has 1 spiro atoms. The Morgan fingerprint density at radius 3 is 2.76 bits per heavy atom. The van der Waals surface area contributed by atoms with Gasteiger partial charge in [-0.2, -0.15) is 5.10 Å². The third-order valence-electron chi connectivity index (χ3n) is 6.84. The molecule has 1 N–H and O–H groups in total. The number of rotatable bonds is 5. The van der Waals surface area contributed by atoms with E-state index in [0.717, 1.165) is 26.1 Å². The Morgan fingerprint density at radius 2 is 2.09 bits per heavy atom. The highest BCUT2D eigenvalue weighted by Crippen LogP contribution is 2.46. The molecule has 2 fully saturated rings. The first-order chi connectivity index (χ1) is 16.4. The van der Waals surface area contributed by atoms with Crippen molar-refractivity contribution in [1.29, 1.82) is 0 Å². The zero-order valence-electron chi connectivity index (χ0n) is 18.6. The fraction of sp³-hybridized carbons (Fsp3) is 0.320. The maximum Gasteiger partial charge on any atom is 0.262 e. The molecule has 1 aromatic carbocycles. The molecule has 174 valence electrons. The van der Waals surface area contributed by atoms with Gasteiger partial charge in [0.1, 0.15) is 5.82 Å². The number of fused-ring (bicyclic) bond motifs is 1. The summed E-state index contributed by atoms with van der Waals surface area (Å²) < 4.78 is 28.7. The zero-order valence-corrected chi connectivity index (χ0v) is 18.6. The van der Waals surface area contributed by atoms with Crippen molar-refractivity contribution in [2.24, 2.45) is 12.5 Å². The lowest BCUT2D eigenvalue weighted by atomic mass is 9.64. The van der Waals surface area contributed by atoms with Crippen molar-refractivity contribution in [1.82, 2.24) is 19.7 Å². The molecule has 4 aromatic rings. The first kappa shape index (κ1) is 20.9. The van der Waals surface area contributed by atoms with Gasteiger partial charge in [-0.05, 0) is 31.0 Å². The number of carbonyl (C=O) groups excluding carboxylic acids is 1. The SMILES string of the molecule is Cn1ccc(-c2ccc(Cn3cc(C(=O)NC4CC5(COC5)C4)c4occc4c3=O)c(F)c2)n1. The van der Waals surface area contributed by atoms with Crippen LogP contribution in [0.4, 0.5) is 4.39 Å². The molecule has 6 rings (SSSR count). The number of aryl methyl sites for hydroxylation is 1. The molecule has 3 aromatic heterocycles. The number of benzene rings is 1. The lowest BCUT2D eigenvalue weighted by Crippen LogP contribution is -2.59. The summed E-state index contributed by atoms with van der Waals surface area (Å²) in [6.45, 7) is 1.48. The number of nitrogens with zero attached hydrogens (tertiary/aromatic N) is 3. The van der Waals surface area contributed by atoms with Gasteiger partial charge >= 0.3 is 0 Å². The van der Waals surface area contributed by atoms with Crippen molar-refractivity contribution >= 4 is 16.9 Å². The maximum absolute atomic E-state index is 15.0. The number of ether oxygens (including phenoxy) is 1. The highest BCUT2D eigenvalue weighted by Gasteiger charge is 2.50. The minimum absolute atomic E-state index is 0.0154. The third kappa shape index (κ3) is 3.43. The van der Waals surface area contributed by atoms with E-state index >= 15 is 0 Å². The first-order valence-electron chi connectivity index (χ1n) is 11.2. The van der Waals surface area contributed by atoms with Gasteiger partial charge < -0.3 is 19.0 Å². The molecule has 0 atom stereocenters. The van der Waals surface area contributed by atoms with Crippen molar-refractivity contribution in [2.75, 3.05) is 13.2 Å². The fourth-order valence-corrected chi connectivity index (χ4v) is 4.96. The summed E-state index contributed by atoms with van der Waals surface area (Å²) in [6.07, 6.45) is 6.40. The van der Waals surface area contributed by atoms with Gasteiger partial charge in [0.2, 0.25) is 0 Å². The summed E-state index contributed by atoms with van der Waals surface area (Å²) in [6, 6.07) is 8.22. The highest BCUT2D eigenvalue weighted by molar-refractivity contribution is 6.04. The highest BCUT2D eigenvalue weighted by atomic mass is 19.1. The third-order valence-corrected chi connectivity index (χ3v) is 6.84. The van der Waals surface area contributed by atoms with Gasteiger partial charge in [0.25, 0.3) is 11.5 Å². The molecule has 1 aliphatic heterocycles. The number of amides is 1. The van der Waals surface area contributed by atoms with E-state index in [9.17, 15) is 14.0 Å². The second-order valence-electron chi connectivity index (χ2n) is 9.39. The van der Waals surface area contributed by atoms with E-state index in [0.29, 0.717) is 16.8 Å². The van der Waals surface area contributed by atoms with Crippen LogP contribution >= 0.6 is 0 Å². The normalized spacial score (nSPS) is 17.0. The summed E-state index contributed by atoms with van der Waals surface area (Å²) in [5.74, 6) is -0.754. The fourth-order valence-electron chi connectivity index (χ4n) is 4.96. The van der Waals surface area contributed by atoms with Crippen LogP contribution in [-0.4, -0.2) is 39.5 Å². The Kier molecular flexibility index (Phi) is 4.70.